The Morgan fingerprint density at radius 2 is 2.10 bits per heavy atom. The van der Waals surface area contributed by atoms with Gasteiger partial charge < -0.3 is 14.8 Å². The van der Waals surface area contributed by atoms with Crippen LogP contribution in [0.25, 0.3) is 0 Å². The van der Waals surface area contributed by atoms with Crippen molar-refractivity contribution in [3.8, 4) is 0 Å². The van der Waals surface area contributed by atoms with Gasteiger partial charge in [-0.2, -0.15) is 0 Å². The fraction of sp³-hybridized carbons (Fsp3) is 0.933. The molecule has 0 spiro atoms. The molecule has 0 amide bonds. The Morgan fingerprint density at radius 1 is 1.40 bits per heavy atom. The van der Waals surface area contributed by atoms with Crippen LogP contribution in [0, 0.1) is 5.92 Å². The summed E-state index contributed by atoms with van der Waals surface area (Å²) in [6.45, 7) is 9.53. The SMILES string of the molecule is CCNC(CN(CCOC)C(C)C1CC1)C(=O)OCC. The Morgan fingerprint density at radius 3 is 2.60 bits per heavy atom. The van der Waals surface area contributed by atoms with Crippen LogP contribution in [0.15, 0.2) is 0 Å². The minimum absolute atomic E-state index is 0.153. The summed E-state index contributed by atoms with van der Waals surface area (Å²) in [6.07, 6.45) is 2.60. The van der Waals surface area contributed by atoms with Crippen molar-refractivity contribution in [2.75, 3.05) is 40.0 Å². The first-order valence-corrected chi connectivity index (χ1v) is 7.77. The zero-order valence-corrected chi connectivity index (χ0v) is 13.4. The summed E-state index contributed by atoms with van der Waals surface area (Å²) in [4.78, 5) is 14.4. The van der Waals surface area contributed by atoms with Gasteiger partial charge in [0.25, 0.3) is 0 Å². The van der Waals surface area contributed by atoms with Gasteiger partial charge in [0.15, 0.2) is 0 Å². The van der Waals surface area contributed by atoms with Crippen molar-refractivity contribution in [2.24, 2.45) is 5.92 Å². The van der Waals surface area contributed by atoms with Crippen molar-refractivity contribution in [1.29, 1.82) is 0 Å². The molecule has 1 rings (SSSR count). The first-order chi connectivity index (χ1) is 9.63. The van der Waals surface area contributed by atoms with Gasteiger partial charge in [0, 0.05) is 26.2 Å². The molecule has 0 aliphatic heterocycles. The molecule has 118 valence electrons. The van der Waals surface area contributed by atoms with E-state index in [4.69, 9.17) is 9.47 Å². The van der Waals surface area contributed by atoms with Gasteiger partial charge in [-0.3, -0.25) is 9.69 Å². The number of rotatable bonds is 11. The molecule has 2 atom stereocenters. The van der Waals surface area contributed by atoms with E-state index in [1.54, 1.807) is 7.11 Å². The van der Waals surface area contributed by atoms with Crippen LogP contribution in [0.2, 0.25) is 0 Å². The molecule has 5 heteroatoms. The van der Waals surface area contributed by atoms with Crippen molar-refractivity contribution in [2.45, 2.75) is 45.7 Å². The van der Waals surface area contributed by atoms with Crippen molar-refractivity contribution in [3.05, 3.63) is 0 Å². The molecule has 0 saturated heterocycles. The van der Waals surface area contributed by atoms with E-state index in [0.29, 0.717) is 25.8 Å². The average molecular weight is 286 g/mol. The molecule has 5 nitrogen and oxygen atoms in total. The Kier molecular flexibility index (Phi) is 8.11. The smallest absolute Gasteiger partial charge is 0.324 e. The van der Waals surface area contributed by atoms with Crippen LogP contribution in [-0.2, 0) is 14.3 Å². The average Bonchev–Trinajstić information content (AvgIpc) is 3.26. The van der Waals surface area contributed by atoms with E-state index in [9.17, 15) is 4.79 Å². The lowest BCUT2D eigenvalue weighted by atomic mass is 10.1. The predicted molar refractivity (Wildman–Crippen MR) is 79.7 cm³/mol. The molecule has 0 radical (unpaired) electrons. The van der Waals surface area contributed by atoms with Gasteiger partial charge in [-0.25, -0.2) is 0 Å². The lowest BCUT2D eigenvalue weighted by Crippen LogP contribution is -2.50. The van der Waals surface area contributed by atoms with Crippen LogP contribution in [0.4, 0.5) is 0 Å². The second kappa shape index (κ2) is 9.32. The fourth-order valence-corrected chi connectivity index (χ4v) is 2.49. The maximum atomic E-state index is 12.0. The Labute approximate surface area is 123 Å². The molecule has 1 fully saturated rings. The maximum absolute atomic E-state index is 12.0. The summed E-state index contributed by atoms with van der Waals surface area (Å²) >= 11 is 0. The van der Waals surface area contributed by atoms with Gasteiger partial charge in [0.1, 0.15) is 6.04 Å². The van der Waals surface area contributed by atoms with E-state index in [2.05, 4.69) is 17.1 Å². The zero-order chi connectivity index (χ0) is 15.0. The highest BCUT2D eigenvalue weighted by molar-refractivity contribution is 5.76. The zero-order valence-electron chi connectivity index (χ0n) is 13.4. The number of hydrogen-bond acceptors (Lipinski definition) is 5. The number of methoxy groups -OCH3 is 1. The van der Waals surface area contributed by atoms with Gasteiger partial charge in [0.2, 0.25) is 0 Å². The summed E-state index contributed by atoms with van der Waals surface area (Å²) in [5.74, 6) is 0.621. The van der Waals surface area contributed by atoms with E-state index in [0.717, 1.165) is 19.0 Å². The highest BCUT2D eigenvalue weighted by Crippen LogP contribution is 2.35. The molecule has 0 aromatic carbocycles. The molecule has 0 heterocycles. The largest absolute Gasteiger partial charge is 0.465 e. The lowest BCUT2D eigenvalue weighted by molar-refractivity contribution is -0.146. The second-order valence-corrected chi connectivity index (χ2v) is 5.43. The molecule has 20 heavy (non-hydrogen) atoms. The summed E-state index contributed by atoms with van der Waals surface area (Å²) < 4.78 is 10.4. The highest BCUT2D eigenvalue weighted by atomic mass is 16.5. The molecule has 0 aromatic rings. The third-order valence-electron chi connectivity index (χ3n) is 3.90. The Bertz CT molecular complexity index is 282. The summed E-state index contributed by atoms with van der Waals surface area (Å²) in [5.41, 5.74) is 0. The number of carbonyl (C=O) groups excluding carboxylic acids is 1. The van der Waals surface area contributed by atoms with Gasteiger partial charge in [-0.05, 0) is 39.2 Å². The van der Waals surface area contributed by atoms with Crippen LogP contribution in [0.1, 0.15) is 33.6 Å². The quantitative estimate of drug-likeness (QED) is 0.580. The molecule has 1 saturated carbocycles. The Hall–Kier alpha value is -0.650. The number of esters is 1. The first-order valence-electron chi connectivity index (χ1n) is 7.77. The number of likely N-dealkylation sites (N-methyl/N-ethyl adjacent to an activating group) is 1. The number of nitrogens with zero attached hydrogens (tertiary/aromatic N) is 1. The molecule has 0 aromatic heterocycles. The van der Waals surface area contributed by atoms with E-state index >= 15 is 0 Å². The standard InChI is InChI=1S/C15H30N2O3/c1-5-16-14(15(18)20-6-2)11-17(9-10-19-4)12(3)13-7-8-13/h12-14,16H,5-11H2,1-4H3. The summed E-state index contributed by atoms with van der Waals surface area (Å²) in [6, 6.07) is 0.249. The first kappa shape index (κ1) is 17.4. The Balaban J connectivity index is 2.59. The van der Waals surface area contributed by atoms with E-state index in [-0.39, 0.29) is 12.0 Å². The molecule has 1 aliphatic rings. The lowest BCUT2D eigenvalue weighted by Gasteiger charge is -2.32. The summed E-state index contributed by atoms with van der Waals surface area (Å²) in [5, 5.41) is 3.23. The molecule has 1 aliphatic carbocycles. The predicted octanol–water partition coefficient (Wildman–Crippen LogP) is 1.27. The topological polar surface area (TPSA) is 50.8 Å². The number of hydrogen-bond donors (Lipinski definition) is 1. The van der Waals surface area contributed by atoms with Gasteiger partial charge in [0.05, 0.1) is 13.2 Å². The highest BCUT2D eigenvalue weighted by Gasteiger charge is 2.33. The second-order valence-electron chi connectivity index (χ2n) is 5.43. The molecular weight excluding hydrogens is 256 g/mol. The minimum Gasteiger partial charge on any atom is -0.465 e. The third-order valence-corrected chi connectivity index (χ3v) is 3.90. The van der Waals surface area contributed by atoms with Crippen molar-refractivity contribution >= 4 is 5.97 Å². The van der Waals surface area contributed by atoms with Gasteiger partial charge >= 0.3 is 5.97 Å². The molecule has 2 unspecified atom stereocenters. The number of ether oxygens (including phenoxy) is 2. The van der Waals surface area contributed by atoms with Gasteiger partial charge in [-0.1, -0.05) is 6.92 Å². The minimum atomic E-state index is -0.252. The number of carbonyl (C=O) groups is 1. The van der Waals surface area contributed by atoms with Crippen LogP contribution in [0.3, 0.4) is 0 Å². The van der Waals surface area contributed by atoms with Gasteiger partial charge in [-0.15, -0.1) is 0 Å². The monoisotopic (exact) mass is 286 g/mol. The van der Waals surface area contributed by atoms with E-state index < -0.39 is 0 Å². The molecule has 1 N–H and O–H groups in total. The molecule has 0 bridgehead atoms. The fourth-order valence-electron chi connectivity index (χ4n) is 2.49. The van der Waals surface area contributed by atoms with Crippen LogP contribution in [-0.4, -0.2) is 62.9 Å². The normalized spacial score (nSPS) is 18.1. The van der Waals surface area contributed by atoms with E-state index in [1.807, 2.05) is 13.8 Å². The van der Waals surface area contributed by atoms with Crippen molar-refractivity contribution < 1.29 is 14.3 Å². The van der Waals surface area contributed by atoms with Crippen LogP contribution < -0.4 is 5.32 Å². The summed E-state index contributed by atoms with van der Waals surface area (Å²) in [7, 11) is 1.72. The molecular formula is C15H30N2O3. The van der Waals surface area contributed by atoms with Crippen LogP contribution in [0.5, 0.6) is 0 Å². The van der Waals surface area contributed by atoms with Crippen molar-refractivity contribution in [1.82, 2.24) is 10.2 Å². The maximum Gasteiger partial charge on any atom is 0.324 e. The van der Waals surface area contributed by atoms with Crippen LogP contribution >= 0.6 is 0 Å². The van der Waals surface area contributed by atoms with Crippen molar-refractivity contribution in [3.63, 3.8) is 0 Å². The number of nitrogens with one attached hydrogen (secondary N) is 1. The van der Waals surface area contributed by atoms with E-state index in [1.165, 1.54) is 12.8 Å². The third kappa shape index (κ3) is 5.77.